The van der Waals surface area contributed by atoms with Crippen molar-refractivity contribution in [3.8, 4) is 5.75 Å². The molecule has 3 aromatic carbocycles. The first kappa shape index (κ1) is 27.1. The standard InChI is InChI=1S/C26H27FNO7P/c1-35-23-12-6-18(7-13-23)14-25(29)28(16-19-2-4-20(5-3-19)17-36(32,33)34)24(15-26(30)31)21-8-10-22(27)11-9-21/h2-13,24H,14-17H2,1H3,(H,30,31)(H2,32,33,34). The first-order valence-corrected chi connectivity index (χ1v) is 12.9. The van der Waals surface area contributed by atoms with E-state index in [1.54, 1.807) is 48.5 Å². The topological polar surface area (TPSA) is 124 Å². The van der Waals surface area contributed by atoms with Crippen molar-refractivity contribution in [3.05, 3.63) is 101 Å². The third-order valence-corrected chi connectivity index (χ3v) is 6.38. The number of hydrogen-bond donors (Lipinski definition) is 3. The van der Waals surface area contributed by atoms with Crippen LogP contribution in [-0.2, 0) is 33.3 Å². The lowest BCUT2D eigenvalue weighted by Crippen LogP contribution is -2.36. The van der Waals surface area contributed by atoms with E-state index in [0.29, 0.717) is 28.0 Å². The minimum Gasteiger partial charge on any atom is -0.497 e. The van der Waals surface area contributed by atoms with Crippen LogP contribution in [0.25, 0.3) is 0 Å². The Morgan fingerprint density at radius 3 is 2.00 bits per heavy atom. The molecule has 0 fully saturated rings. The van der Waals surface area contributed by atoms with Gasteiger partial charge in [-0.2, -0.15) is 0 Å². The normalized spacial score (nSPS) is 12.1. The van der Waals surface area contributed by atoms with E-state index in [-0.39, 0.29) is 18.9 Å². The molecule has 36 heavy (non-hydrogen) atoms. The first-order chi connectivity index (χ1) is 17.0. The number of carbonyl (C=O) groups is 2. The third kappa shape index (κ3) is 8.02. The molecule has 1 unspecified atom stereocenters. The molecular formula is C26H27FNO7P. The van der Waals surface area contributed by atoms with Gasteiger partial charge >= 0.3 is 13.6 Å². The average Bonchev–Trinajstić information content (AvgIpc) is 2.82. The van der Waals surface area contributed by atoms with Crippen LogP contribution in [0.15, 0.2) is 72.8 Å². The number of carbonyl (C=O) groups excluding carboxylic acids is 1. The Kier molecular flexibility index (Phi) is 8.98. The molecule has 0 spiro atoms. The minimum absolute atomic E-state index is 0.00238. The summed E-state index contributed by atoms with van der Waals surface area (Å²) in [7, 11) is -2.70. The molecule has 3 aromatic rings. The molecule has 0 aliphatic carbocycles. The molecule has 1 amide bonds. The highest BCUT2D eigenvalue weighted by Crippen LogP contribution is 2.39. The Bertz CT molecular complexity index is 1220. The molecule has 3 rings (SSSR count). The highest BCUT2D eigenvalue weighted by Gasteiger charge is 2.28. The van der Waals surface area contributed by atoms with Crippen LogP contribution >= 0.6 is 7.60 Å². The van der Waals surface area contributed by atoms with Gasteiger partial charge in [-0.3, -0.25) is 14.2 Å². The molecule has 8 nitrogen and oxygen atoms in total. The van der Waals surface area contributed by atoms with Crippen LogP contribution in [0.5, 0.6) is 5.75 Å². The molecule has 190 valence electrons. The highest BCUT2D eigenvalue weighted by molar-refractivity contribution is 7.50. The van der Waals surface area contributed by atoms with Gasteiger partial charge in [-0.1, -0.05) is 48.5 Å². The Balaban J connectivity index is 1.94. The molecule has 0 aliphatic rings. The van der Waals surface area contributed by atoms with Crippen molar-refractivity contribution in [2.45, 2.75) is 31.6 Å². The first-order valence-electron chi connectivity index (χ1n) is 11.1. The van der Waals surface area contributed by atoms with Crippen LogP contribution in [-0.4, -0.2) is 38.8 Å². The molecule has 0 aliphatic heterocycles. The predicted octanol–water partition coefficient (Wildman–Crippen LogP) is 4.30. The lowest BCUT2D eigenvalue weighted by molar-refractivity contribution is -0.141. The summed E-state index contributed by atoms with van der Waals surface area (Å²) in [4.78, 5) is 45.1. The van der Waals surface area contributed by atoms with E-state index in [0.717, 1.165) is 0 Å². The van der Waals surface area contributed by atoms with Crippen LogP contribution in [0, 0.1) is 5.82 Å². The fraction of sp³-hybridized carbons (Fsp3) is 0.231. The lowest BCUT2D eigenvalue weighted by Gasteiger charge is -2.32. The minimum atomic E-state index is -4.24. The summed E-state index contributed by atoms with van der Waals surface area (Å²) in [5.74, 6) is -1.31. The summed E-state index contributed by atoms with van der Waals surface area (Å²) < 4.78 is 30.0. The molecule has 0 aromatic heterocycles. The number of benzene rings is 3. The average molecular weight is 515 g/mol. The molecule has 0 heterocycles. The van der Waals surface area contributed by atoms with Crippen LogP contribution in [0.2, 0.25) is 0 Å². The maximum Gasteiger partial charge on any atom is 0.329 e. The van der Waals surface area contributed by atoms with Crippen molar-refractivity contribution in [2.75, 3.05) is 7.11 Å². The fourth-order valence-electron chi connectivity index (χ4n) is 3.83. The second kappa shape index (κ2) is 11.9. The van der Waals surface area contributed by atoms with E-state index in [1.807, 2.05) is 0 Å². The quantitative estimate of drug-likeness (QED) is 0.325. The number of methoxy groups -OCH3 is 1. The molecule has 10 heteroatoms. The monoisotopic (exact) mass is 515 g/mol. The smallest absolute Gasteiger partial charge is 0.329 e. The van der Waals surface area contributed by atoms with E-state index in [9.17, 15) is 33.4 Å². The van der Waals surface area contributed by atoms with Gasteiger partial charge in [0.2, 0.25) is 5.91 Å². The Labute approximate surface area is 208 Å². The van der Waals surface area contributed by atoms with Gasteiger partial charge in [0.05, 0.1) is 32.2 Å². The summed E-state index contributed by atoms with van der Waals surface area (Å²) >= 11 is 0. The van der Waals surface area contributed by atoms with E-state index < -0.39 is 38.0 Å². The molecule has 0 radical (unpaired) electrons. The second-order valence-corrected chi connectivity index (χ2v) is 10.00. The van der Waals surface area contributed by atoms with E-state index >= 15 is 0 Å². The summed E-state index contributed by atoms with van der Waals surface area (Å²) in [6, 6.07) is 17.8. The number of carboxylic acids is 1. The van der Waals surface area contributed by atoms with E-state index in [1.165, 1.54) is 36.3 Å². The van der Waals surface area contributed by atoms with Crippen molar-refractivity contribution in [2.24, 2.45) is 0 Å². The third-order valence-electron chi connectivity index (χ3n) is 5.60. The van der Waals surface area contributed by atoms with Crippen molar-refractivity contribution in [1.29, 1.82) is 0 Å². The Hall–Kier alpha value is -3.52. The highest BCUT2D eigenvalue weighted by atomic mass is 31.2. The number of carboxylic acid groups (broad SMARTS) is 1. The van der Waals surface area contributed by atoms with Gasteiger partial charge in [-0.25, -0.2) is 4.39 Å². The van der Waals surface area contributed by atoms with Crippen LogP contribution in [0.1, 0.15) is 34.7 Å². The summed E-state index contributed by atoms with van der Waals surface area (Å²) in [5.41, 5.74) is 2.25. The largest absolute Gasteiger partial charge is 0.497 e. The van der Waals surface area contributed by atoms with Gasteiger partial charge in [-0.05, 0) is 46.5 Å². The summed E-state index contributed by atoms with van der Waals surface area (Å²) in [6.07, 6.45) is -0.807. The summed E-state index contributed by atoms with van der Waals surface area (Å²) in [6.45, 7) is 0.0422. The number of ether oxygens (including phenoxy) is 1. The number of nitrogens with zero attached hydrogens (tertiary/aromatic N) is 1. The number of halogens is 1. The Morgan fingerprint density at radius 2 is 1.47 bits per heavy atom. The van der Waals surface area contributed by atoms with Crippen molar-refractivity contribution in [3.63, 3.8) is 0 Å². The molecule has 0 saturated carbocycles. The molecule has 3 N–H and O–H groups in total. The van der Waals surface area contributed by atoms with E-state index in [2.05, 4.69) is 0 Å². The Morgan fingerprint density at radius 1 is 0.917 bits per heavy atom. The number of hydrogen-bond acceptors (Lipinski definition) is 4. The maximum absolute atomic E-state index is 13.6. The predicted molar refractivity (Wildman–Crippen MR) is 131 cm³/mol. The van der Waals surface area contributed by atoms with Gasteiger partial charge in [0.25, 0.3) is 0 Å². The van der Waals surface area contributed by atoms with Crippen LogP contribution in [0.4, 0.5) is 4.39 Å². The molecule has 0 saturated heterocycles. The van der Waals surface area contributed by atoms with Crippen molar-refractivity contribution >= 4 is 19.5 Å². The fourth-order valence-corrected chi connectivity index (χ4v) is 4.52. The van der Waals surface area contributed by atoms with Gasteiger partial charge in [0.1, 0.15) is 11.6 Å². The molecule has 1 atom stereocenters. The number of rotatable bonds is 11. The molecule has 0 bridgehead atoms. The van der Waals surface area contributed by atoms with E-state index in [4.69, 9.17) is 4.74 Å². The van der Waals surface area contributed by atoms with Crippen molar-refractivity contribution < 1.29 is 38.2 Å². The molecular weight excluding hydrogens is 488 g/mol. The second-order valence-electron chi connectivity index (χ2n) is 8.35. The number of aliphatic carboxylic acids is 1. The maximum atomic E-state index is 13.6. The zero-order valence-electron chi connectivity index (χ0n) is 19.6. The zero-order chi connectivity index (χ0) is 26.3. The lowest BCUT2D eigenvalue weighted by atomic mass is 9.99. The zero-order valence-corrected chi connectivity index (χ0v) is 20.5. The van der Waals surface area contributed by atoms with Gasteiger partial charge in [-0.15, -0.1) is 0 Å². The van der Waals surface area contributed by atoms with Crippen molar-refractivity contribution in [1.82, 2.24) is 4.90 Å². The van der Waals surface area contributed by atoms with Gasteiger partial charge < -0.3 is 24.5 Å². The van der Waals surface area contributed by atoms with Gasteiger partial charge in [0, 0.05) is 6.54 Å². The van der Waals surface area contributed by atoms with Crippen LogP contribution in [0.3, 0.4) is 0 Å². The van der Waals surface area contributed by atoms with Crippen LogP contribution < -0.4 is 4.74 Å². The number of amides is 1. The van der Waals surface area contributed by atoms with Gasteiger partial charge in [0.15, 0.2) is 0 Å². The SMILES string of the molecule is COc1ccc(CC(=O)N(Cc2ccc(CP(=O)(O)O)cc2)C(CC(=O)O)c2ccc(F)cc2)cc1. The summed E-state index contributed by atoms with van der Waals surface area (Å²) in [5, 5.41) is 9.59.